The van der Waals surface area contributed by atoms with E-state index < -0.39 is 0 Å². The molecular formula is C26H28N4O4. The van der Waals surface area contributed by atoms with Gasteiger partial charge in [-0.3, -0.25) is 4.79 Å². The maximum Gasteiger partial charge on any atom is 0.252 e. The molecule has 8 heteroatoms. The Bertz CT molecular complexity index is 1300. The molecule has 1 N–H and O–H groups in total. The van der Waals surface area contributed by atoms with E-state index in [4.69, 9.17) is 19.0 Å². The van der Waals surface area contributed by atoms with Gasteiger partial charge >= 0.3 is 0 Å². The van der Waals surface area contributed by atoms with Crippen molar-refractivity contribution >= 4 is 16.8 Å². The number of nitrogens with zero attached hydrogens (tertiary/aromatic N) is 3. The molecule has 0 aliphatic carbocycles. The highest BCUT2D eigenvalue weighted by molar-refractivity contribution is 6.07. The first kappa shape index (κ1) is 23.2. The van der Waals surface area contributed by atoms with Gasteiger partial charge in [-0.15, -0.1) is 0 Å². The van der Waals surface area contributed by atoms with Crippen molar-refractivity contribution in [1.82, 2.24) is 20.4 Å². The molecule has 0 aliphatic rings. The lowest BCUT2D eigenvalue weighted by atomic mass is 10.0. The maximum absolute atomic E-state index is 13.1. The summed E-state index contributed by atoms with van der Waals surface area (Å²) in [5.74, 6) is 2.58. The third-order valence-electron chi connectivity index (χ3n) is 5.49. The Morgan fingerprint density at radius 3 is 2.56 bits per heavy atom. The number of carbonyl (C=O) groups is 1. The number of para-hydroxylation sites is 1. The zero-order valence-electron chi connectivity index (χ0n) is 19.8. The molecule has 0 fully saturated rings. The van der Waals surface area contributed by atoms with Gasteiger partial charge in [-0.05, 0) is 36.8 Å². The molecule has 4 rings (SSSR count). The molecule has 0 aliphatic heterocycles. The Labute approximate surface area is 198 Å². The van der Waals surface area contributed by atoms with Gasteiger partial charge in [0.05, 0.1) is 31.0 Å². The molecule has 176 valence electrons. The second kappa shape index (κ2) is 10.3. The van der Waals surface area contributed by atoms with E-state index in [2.05, 4.69) is 15.5 Å². The fourth-order valence-corrected chi connectivity index (χ4v) is 3.65. The molecule has 1 amide bonds. The molecule has 4 aromatic rings. The van der Waals surface area contributed by atoms with Gasteiger partial charge in [0.25, 0.3) is 5.91 Å². The first-order valence-electron chi connectivity index (χ1n) is 11.2. The second-order valence-corrected chi connectivity index (χ2v) is 8.20. The maximum atomic E-state index is 13.1. The molecule has 34 heavy (non-hydrogen) atoms. The molecule has 2 aromatic heterocycles. The Morgan fingerprint density at radius 1 is 1.03 bits per heavy atom. The lowest BCUT2D eigenvalue weighted by Crippen LogP contribution is -2.25. The normalized spacial score (nSPS) is 11.1. The van der Waals surface area contributed by atoms with Gasteiger partial charge in [0.1, 0.15) is 0 Å². The molecule has 0 unspecified atom stereocenters. The molecule has 0 radical (unpaired) electrons. The molecule has 0 bridgehead atoms. The molecule has 8 nitrogen and oxygen atoms in total. The average Bonchev–Trinajstić information content (AvgIpc) is 3.34. The predicted molar refractivity (Wildman–Crippen MR) is 129 cm³/mol. The highest BCUT2D eigenvalue weighted by Gasteiger charge is 2.15. The molecule has 2 aromatic carbocycles. The first-order chi connectivity index (χ1) is 16.5. The fraction of sp³-hybridized carbons (Fsp3) is 0.308. The van der Waals surface area contributed by atoms with E-state index in [1.807, 2.05) is 62.4 Å². The van der Waals surface area contributed by atoms with Crippen molar-refractivity contribution in [2.24, 2.45) is 0 Å². The van der Waals surface area contributed by atoms with Gasteiger partial charge in [-0.2, -0.15) is 4.98 Å². The van der Waals surface area contributed by atoms with E-state index in [-0.39, 0.29) is 11.8 Å². The number of hydrogen-bond acceptors (Lipinski definition) is 7. The summed E-state index contributed by atoms with van der Waals surface area (Å²) in [6.45, 7) is 4.52. The van der Waals surface area contributed by atoms with Crippen LogP contribution in [0.4, 0.5) is 0 Å². The van der Waals surface area contributed by atoms with Gasteiger partial charge in [-0.1, -0.05) is 37.2 Å². The monoisotopic (exact) mass is 460 g/mol. The summed E-state index contributed by atoms with van der Waals surface area (Å²) >= 11 is 0. The molecule has 0 saturated carbocycles. The number of rotatable bonds is 9. The zero-order valence-corrected chi connectivity index (χ0v) is 19.8. The van der Waals surface area contributed by atoms with Crippen LogP contribution >= 0.6 is 0 Å². The highest BCUT2D eigenvalue weighted by Crippen LogP contribution is 2.33. The molecule has 0 atom stereocenters. The van der Waals surface area contributed by atoms with E-state index in [0.717, 1.165) is 16.5 Å². The minimum Gasteiger partial charge on any atom is -0.493 e. The first-order valence-corrected chi connectivity index (χ1v) is 11.2. The number of methoxy groups -OCH3 is 2. The van der Waals surface area contributed by atoms with Crippen LogP contribution in [0.5, 0.6) is 11.5 Å². The summed E-state index contributed by atoms with van der Waals surface area (Å²) in [5.41, 5.74) is 2.81. The lowest BCUT2D eigenvalue weighted by molar-refractivity contribution is 0.0954. The van der Waals surface area contributed by atoms with Crippen LogP contribution in [0.15, 0.2) is 53.1 Å². The topological polar surface area (TPSA) is 99.4 Å². The van der Waals surface area contributed by atoms with Crippen LogP contribution in [-0.2, 0) is 6.42 Å². The number of carbonyl (C=O) groups excluding carboxylic acids is 1. The lowest BCUT2D eigenvalue weighted by Gasteiger charge is -2.12. The standard InChI is InChI=1S/C26H28N4O4/c1-16(2)25-29-24(34-30-25)10-7-13-27-26(31)19-15-21(28-20-9-6-5-8-18(19)20)17-11-12-22(32-3)23(14-17)33-4/h5-6,8-9,11-12,14-16H,7,10,13H2,1-4H3,(H,27,31). The Balaban J connectivity index is 1.53. The van der Waals surface area contributed by atoms with E-state index in [1.165, 1.54) is 0 Å². The van der Waals surface area contributed by atoms with Gasteiger partial charge in [0.2, 0.25) is 5.89 Å². The smallest absolute Gasteiger partial charge is 0.252 e. The van der Waals surface area contributed by atoms with Crippen LogP contribution < -0.4 is 14.8 Å². The van der Waals surface area contributed by atoms with Crippen LogP contribution in [0, 0.1) is 0 Å². The van der Waals surface area contributed by atoms with Crippen LogP contribution in [0.1, 0.15) is 48.3 Å². The molecule has 2 heterocycles. The molecular weight excluding hydrogens is 432 g/mol. The van der Waals surface area contributed by atoms with E-state index in [9.17, 15) is 4.79 Å². The number of benzene rings is 2. The quantitative estimate of drug-likeness (QED) is 0.359. The van der Waals surface area contributed by atoms with Gasteiger partial charge in [-0.25, -0.2) is 4.98 Å². The Hall–Kier alpha value is -3.94. The summed E-state index contributed by atoms with van der Waals surface area (Å²) < 4.78 is 16.0. The van der Waals surface area contributed by atoms with Gasteiger partial charge in [0, 0.05) is 29.8 Å². The minimum absolute atomic E-state index is 0.159. The Kier molecular flexibility index (Phi) is 7.06. The highest BCUT2D eigenvalue weighted by atomic mass is 16.5. The van der Waals surface area contributed by atoms with Gasteiger partial charge in [0.15, 0.2) is 17.3 Å². The van der Waals surface area contributed by atoms with Crippen molar-refractivity contribution in [3.63, 3.8) is 0 Å². The predicted octanol–water partition coefficient (Wildman–Crippen LogP) is 4.79. The summed E-state index contributed by atoms with van der Waals surface area (Å²) in [7, 11) is 3.18. The molecule has 0 saturated heterocycles. The number of aromatic nitrogens is 3. The van der Waals surface area contributed by atoms with E-state index in [0.29, 0.717) is 53.9 Å². The van der Waals surface area contributed by atoms with Gasteiger partial charge < -0.3 is 19.3 Å². The summed E-state index contributed by atoms with van der Waals surface area (Å²) in [6.07, 6.45) is 1.30. The number of pyridine rings is 1. The number of amides is 1. The Morgan fingerprint density at radius 2 is 1.82 bits per heavy atom. The van der Waals surface area contributed by atoms with Crippen molar-refractivity contribution in [1.29, 1.82) is 0 Å². The summed E-state index contributed by atoms with van der Waals surface area (Å²) in [6, 6.07) is 15.0. The molecule has 0 spiro atoms. The fourth-order valence-electron chi connectivity index (χ4n) is 3.65. The summed E-state index contributed by atoms with van der Waals surface area (Å²) in [5, 5.41) is 7.78. The van der Waals surface area contributed by atoms with Crippen LogP contribution in [-0.4, -0.2) is 41.8 Å². The third-order valence-corrected chi connectivity index (χ3v) is 5.49. The number of nitrogens with one attached hydrogen (secondary N) is 1. The largest absolute Gasteiger partial charge is 0.493 e. The number of hydrogen-bond donors (Lipinski definition) is 1. The van der Waals surface area contributed by atoms with Crippen LogP contribution in [0.3, 0.4) is 0 Å². The van der Waals surface area contributed by atoms with Crippen LogP contribution in [0.2, 0.25) is 0 Å². The van der Waals surface area contributed by atoms with E-state index >= 15 is 0 Å². The number of fused-ring (bicyclic) bond motifs is 1. The average molecular weight is 461 g/mol. The number of ether oxygens (including phenoxy) is 2. The SMILES string of the molecule is COc1ccc(-c2cc(C(=O)NCCCc3nc(C(C)C)no3)c3ccccc3n2)cc1OC. The second-order valence-electron chi connectivity index (χ2n) is 8.20. The van der Waals surface area contributed by atoms with Crippen molar-refractivity contribution in [3.8, 4) is 22.8 Å². The minimum atomic E-state index is -0.159. The van der Waals surface area contributed by atoms with Crippen molar-refractivity contribution in [2.45, 2.75) is 32.6 Å². The van der Waals surface area contributed by atoms with Crippen LogP contribution in [0.25, 0.3) is 22.2 Å². The summed E-state index contributed by atoms with van der Waals surface area (Å²) in [4.78, 5) is 22.3. The van der Waals surface area contributed by atoms with Crippen molar-refractivity contribution < 1.29 is 18.8 Å². The zero-order chi connectivity index (χ0) is 24.1. The number of aryl methyl sites for hydroxylation is 1. The van der Waals surface area contributed by atoms with Crippen molar-refractivity contribution in [3.05, 3.63) is 65.8 Å². The van der Waals surface area contributed by atoms with Crippen molar-refractivity contribution in [2.75, 3.05) is 20.8 Å². The third kappa shape index (κ3) is 5.01. The van der Waals surface area contributed by atoms with E-state index in [1.54, 1.807) is 14.2 Å².